The first kappa shape index (κ1) is 16.8. The number of nitrogens with one attached hydrogen (secondary N) is 1. The van der Waals surface area contributed by atoms with Crippen LogP contribution in [0.1, 0.15) is 39.0 Å². The number of hydrogen-bond acceptors (Lipinski definition) is 4. The lowest BCUT2D eigenvalue weighted by Gasteiger charge is -2.23. The van der Waals surface area contributed by atoms with Crippen LogP contribution >= 0.6 is 11.6 Å². The average Bonchev–Trinajstić information content (AvgIpc) is 2.44. The second kappa shape index (κ2) is 8.84. The van der Waals surface area contributed by atoms with Crippen LogP contribution in [0.2, 0.25) is 0 Å². The number of esters is 1. The van der Waals surface area contributed by atoms with Gasteiger partial charge in [-0.3, -0.25) is 0 Å². The smallest absolute Gasteiger partial charge is 0.407 e. The molecule has 1 fully saturated rings. The van der Waals surface area contributed by atoms with E-state index in [1.54, 1.807) is 6.92 Å². The standard InChI is InChI=1S/C14H22ClNO4/c1-10(2)13(17)20-12(8-15)9-19-14(18)16-11-6-4-3-5-7-11/h11-12H,1,3-9H2,2H3,(H,16,18). The minimum atomic E-state index is -0.655. The maximum atomic E-state index is 11.6. The van der Waals surface area contributed by atoms with Crippen molar-refractivity contribution in [2.24, 2.45) is 0 Å². The molecular weight excluding hydrogens is 282 g/mol. The van der Waals surface area contributed by atoms with Crippen molar-refractivity contribution >= 4 is 23.7 Å². The number of halogens is 1. The second-order valence-electron chi connectivity index (χ2n) is 5.04. The van der Waals surface area contributed by atoms with Gasteiger partial charge in [0.15, 0.2) is 0 Å². The molecule has 6 heteroatoms. The van der Waals surface area contributed by atoms with Gasteiger partial charge in [-0.1, -0.05) is 25.8 Å². The summed E-state index contributed by atoms with van der Waals surface area (Å²) >= 11 is 5.67. The van der Waals surface area contributed by atoms with Crippen LogP contribution in [-0.4, -0.2) is 36.7 Å². The summed E-state index contributed by atoms with van der Waals surface area (Å²) in [5.41, 5.74) is 0.284. The SMILES string of the molecule is C=C(C)C(=O)OC(CCl)COC(=O)NC1CCCCC1. The van der Waals surface area contributed by atoms with Crippen molar-refractivity contribution < 1.29 is 19.1 Å². The fraction of sp³-hybridized carbons (Fsp3) is 0.714. The van der Waals surface area contributed by atoms with Gasteiger partial charge < -0.3 is 14.8 Å². The van der Waals surface area contributed by atoms with Crippen molar-refractivity contribution in [3.8, 4) is 0 Å². The summed E-state index contributed by atoms with van der Waals surface area (Å²) in [4.78, 5) is 23.0. The summed E-state index contributed by atoms with van der Waals surface area (Å²) in [7, 11) is 0. The topological polar surface area (TPSA) is 64.6 Å². The lowest BCUT2D eigenvalue weighted by Crippen LogP contribution is -2.38. The second-order valence-corrected chi connectivity index (χ2v) is 5.35. The van der Waals surface area contributed by atoms with Crippen LogP contribution in [0.25, 0.3) is 0 Å². The molecular formula is C14H22ClNO4. The Morgan fingerprint density at radius 1 is 1.35 bits per heavy atom. The molecule has 1 N–H and O–H groups in total. The summed E-state index contributed by atoms with van der Waals surface area (Å²) in [6, 6.07) is 0.184. The van der Waals surface area contributed by atoms with E-state index in [0.29, 0.717) is 0 Å². The minimum absolute atomic E-state index is 0.0545. The van der Waals surface area contributed by atoms with E-state index in [-0.39, 0.29) is 24.1 Å². The minimum Gasteiger partial charge on any atom is -0.454 e. The highest BCUT2D eigenvalue weighted by molar-refractivity contribution is 6.18. The molecule has 1 saturated carbocycles. The Morgan fingerprint density at radius 2 is 2.00 bits per heavy atom. The number of ether oxygens (including phenoxy) is 2. The first-order valence-corrected chi connectivity index (χ1v) is 7.42. The first-order valence-electron chi connectivity index (χ1n) is 6.88. The van der Waals surface area contributed by atoms with Crippen LogP contribution < -0.4 is 5.32 Å². The maximum Gasteiger partial charge on any atom is 0.407 e. The van der Waals surface area contributed by atoms with Gasteiger partial charge in [0.2, 0.25) is 0 Å². The molecule has 114 valence electrons. The molecule has 1 aliphatic rings. The molecule has 1 rings (SSSR count). The lowest BCUT2D eigenvalue weighted by atomic mass is 9.96. The number of alkyl halides is 1. The van der Waals surface area contributed by atoms with E-state index in [4.69, 9.17) is 21.1 Å². The number of alkyl carbamates (subject to hydrolysis) is 1. The van der Waals surface area contributed by atoms with Crippen LogP contribution in [0.4, 0.5) is 4.79 Å². The fourth-order valence-electron chi connectivity index (χ4n) is 1.99. The van der Waals surface area contributed by atoms with E-state index >= 15 is 0 Å². The number of rotatable bonds is 6. The lowest BCUT2D eigenvalue weighted by molar-refractivity contribution is -0.145. The Labute approximate surface area is 124 Å². The summed E-state index contributed by atoms with van der Waals surface area (Å²) in [6.45, 7) is 4.97. The van der Waals surface area contributed by atoms with E-state index in [2.05, 4.69) is 11.9 Å². The fourth-order valence-corrected chi connectivity index (χ4v) is 2.14. The number of hydrogen-bond donors (Lipinski definition) is 1. The Kier molecular flexibility index (Phi) is 7.44. The van der Waals surface area contributed by atoms with Gasteiger partial charge in [-0.25, -0.2) is 9.59 Å². The molecule has 1 atom stereocenters. The van der Waals surface area contributed by atoms with Gasteiger partial charge >= 0.3 is 12.1 Å². The molecule has 1 aliphatic carbocycles. The van der Waals surface area contributed by atoms with Crippen molar-refractivity contribution in [2.75, 3.05) is 12.5 Å². The quantitative estimate of drug-likeness (QED) is 0.465. The van der Waals surface area contributed by atoms with Gasteiger partial charge in [0, 0.05) is 11.6 Å². The molecule has 0 aromatic carbocycles. The zero-order valence-corrected chi connectivity index (χ0v) is 12.6. The highest BCUT2D eigenvalue weighted by Gasteiger charge is 2.19. The highest BCUT2D eigenvalue weighted by atomic mass is 35.5. The van der Waals surface area contributed by atoms with Crippen LogP contribution in [0.5, 0.6) is 0 Å². The average molecular weight is 304 g/mol. The predicted octanol–water partition coefficient (Wildman–Crippen LogP) is 2.77. The highest BCUT2D eigenvalue weighted by Crippen LogP contribution is 2.17. The summed E-state index contributed by atoms with van der Waals surface area (Å²) in [6.07, 6.45) is 4.31. The Hall–Kier alpha value is -1.23. The molecule has 0 bridgehead atoms. The van der Waals surface area contributed by atoms with Gasteiger partial charge in [-0.15, -0.1) is 11.6 Å². The van der Waals surface area contributed by atoms with Gasteiger partial charge in [0.25, 0.3) is 0 Å². The molecule has 1 unspecified atom stereocenters. The molecule has 0 aliphatic heterocycles. The maximum absolute atomic E-state index is 11.6. The molecule has 0 aromatic heterocycles. The molecule has 0 saturated heterocycles. The van der Waals surface area contributed by atoms with Crippen LogP contribution in [-0.2, 0) is 14.3 Å². The third-order valence-corrected chi connectivity index (χ3v) is 3.47. The van der Waals surface area contributed by atoms with E-state index in [0.717, 1.165) is 25.7 Å². The predicted molar refractivity (Wildman–Crippen MR) is 76.8 cm³/mol. The third kappa shape index (κ3) is 6.28. The van der Waals surface area contributed by atoms with Crippen LogP contribution in [0.15, 0.2) is 12.2 Å². The van der Waals surface area contributed by atoms with Crippen molar-refractivity contribution in [1.82, 2.24) is 5.32 Å². The first-order chi connectivity index (χ1) is 9.52. The zero-order valence-electron chi connectivity index (χ0n) is 11.8. The molecule has 0 heterocycles. The Bertz CT molecular complexity index is 353. The molecule has 0 radical (unpaired) electrons. The van der Waals surface area contributed by atoms with Crippen LogP contribution in [0, 0.1) is 0 Å². The largest absolute Gasteiger partial charge is 0.454 e. The van der Waals surface area contributed by atoms with E-state index in [1.165, 1.54) is 6.42 Å². The number of amides is 1. The normalized spacial score (nSPS) is 17.1. The Morgan fingerprint density at radius 3 is 2.55 bits per heavy atom. The van der Waals surface area contributed by atoms with Crippen molar-refractivity contribution in [1.29, 1.82) is 0 Å². The molecule has 5 nitrogen and oxygen atoms in total. The monoisotopic (exact) mass is 303 g/mol. The van der Waals surface area contributed by atoms with E-state index in [1.807, 2.05) is 0 Å². The number of carbonyl (C=O) groups excluding carboxylic acids is 2. The van der Waals surface area contributed by atoms with E-state index < -0.39 is 18.2 Å². The van der Waals surface area contributed by atoms with E-state index in [9.17, 15) is 9.59 Å². The summed E-state index contributed by atoms with van der Waals surface area (Å²) < 4.78 is 10.1. The van der Waals surface area contributed by atoms with Crippen molar-refractivity contribution in [3.63, 3.8) is 0 Å². The molecule has 1 amide bonds. The van der Waals surface area contributed by atoms with Crippen molar-refractivity contribution in [3.05, 3.63) is 12.2 Å². The van der Waals surface area contributed by atoms with Gasteiger partial charge in [-0.2, -0.15) is 0 Å². The van der Waals surface area contributed by atoms with Crippen LogP contribution in [0.3, 0.4) is 0 Å². The third-order valence-electron chi connectivity index (χ3n) is 3.12. The van der Waals surface area contributed by atoms with Gasteiger partial charge in [0.05, 0.1) is 5.88 Å². The molecule has 0 aromatic rings. The summed E-state index contributed by atoms with van der Waals surface area (Å²) in [5.74, 6) is -0.470. The number of carbonyl (C=O) groups is 2. The Balaban J connectivity index is 2.26. The zero-order chi connectivity index (χ0) is 15.0. The molecule has 0 spiro atoms. The summed E-state index contributed by atoms with van der Waals surface area (Å²) in [5, 5.41) is 2.81. The van der Waals surface area contributed by atoms with Crippen molar-refractivity contribution in [2.45, 2.75) is 51.2 Å². The van der Waals surface area contributed by atoms with Gasteiger partial charge in [0.1, 0.15) is 12.7 Å². The molecule has 20 heavy (non-hydrogen) atoms. The van der Waals surface area contributed by atoms with Gasteiger partial charge in [-0.05, 0) is 19.8 Å².